The van der Waals surface area contributed by atoms with E-state index in [1.54, 1.807) is 18.1 Å². The SMILES string of the molecule is COc1ccc(C)c2c1N(C(=O)Cc1cccc(C(F)(F)F)c1)CCC2. The van der Waals surface area contributed by atoms with Gasteiger partial charge in [-0.15, -0.1) is 0 Å². The van der Waals surface area contributed by atoms with Gasteiger partial charge in [0.1, 0.15) is 5.75 Å². The number of halogens is 3. The monoisotopic (exact) mass is 363 g/mol. The summed E-state index contributed by atoms with van der Waals surface area (Å²) in [7, 11) is 1.55. The van der Waals surface area contributed by atoms with E-state index in [1.807, 2.05) is 19.1 Å². The number of rotatable bonds is 3. The van der Waals surface area contributed by atoms with E-state index in [1.165, 1.54) is 6.07 Å². The highest BCUT2D eigenvalue weighted by atomic mass is 19.4. The number of methoxy groups -OCH3 is 1. The Bertz CT molecular complexity index is 830. The van der Waals surface area contributed by atoms with Crippen molar-refractivity contribution in [3.63, 3.8) is 0 Å². The third-order valence-corrected chi connectivity index (χ3v) is 4.69. The minimum absolute atomic E-state index is 0.0829. The molecule has 0 unspecified atom stereocenters. The lowest BCUT2D eigenvalue weighted by Crippen LogP contribution is -2.37. The first-order valence-corrected chi connectivity index (χ1v) is 8.44. The Kier molecular flexibility index (Phi) is 4.94. The molecular weight excluding hydrogens is 343 g/mol. The molecule has 1 aliphatic rings. The second-order valence-corrected chi connectivity index (χ2v) is 6.44. The van der Waals surface area contributed by atoms with E-state index < -0.39 is 11.7 Å². The topological polar surface area (TPSA) is 29.5 Å². The number of alkyl halides is 3. The number of hydrogen-bond acceptors (Lipinski definition) is 2. The summed E-state index contributed by atoms with van der Waals surface area (Å²) >= 11 is 0. The van der Waals surface area contributed by atoms with Crippen molar-refractivity contribution in [2.24, 2.45) is 0 Å². The molecule has 0 bridgehead atoms. The molecule has 0 radical (unpaired) electrons. The number of amides is 1. The third kappa shape index (κ3) is 3.54. The van der Waals surface area contributed by atoms with E-state index in [2.05, 4.69) is 0 Å². The Morgan fingerprint density at radius 1 is 1.23 bits per heavy atom. The fourth-order valence-electron chi connectivity index (χ4n) is 3.39. The maximum absolute atomic E-state index is 12.9. The molecule has 0 aromatic heterocycles. The fourth-order valence-corrected chi connectivity index (χ4v) is 3.39. The lowest BCUT2D eigenvalue weighted by atomic mass is 9.95. The van der Waals surface area contributed by atoms with Crippen molar-refractivity contribution in [2.45, 2.75) is 32.4 Å². The van der Waals surface area contributed by atoms with Gasteiger partial charge in [0.05, 0.1) is 24.8 Å². The number of anilines is 1. The number of ether oxygens (including phenoxy) is 1. The van der Waals surface area contributed by atoms with Gasteiger partial charge in [-0.1, -0.05) is 24.3 Å². The van der Waals surface area contributed by atoms with Crippen molar-refractivity contribution in [2.75, 3.05) is 18.6 Å². The molecule has 3 rings (SSSR count). The van der Waals surface area contributed by atoms with Gasteiger partial charge in [0, 0.05) is 6.54 Å². The summed E-state index contributed by atoms with van der Waals surface area (Å²) < 4.78 is 44.1. The average molecular weight is 363 g/mol. The molecule has 138 valence electrons. The fraction of sp³-hybridized carbons (Fsp3) is 0.350. The van der Waals surface area contributed by atoms with Gasteiger partial charge >= 0.3 is 6.18 Å². The second-order valence-electron chi connectivity index (χ2n) is 6.44. The van der Waals surface area contributed by atoms with Crippen LogP contribution < -0.4 is 9.64 Å². The lowest BCUT2D eigenvalue weighted by molar-refractivity contribution is -0.137. The number of nitrogens with zero attached hydrogens (tertiary/aromatic N) is 1. The van der Waals surface area contributed by atoms with Crippen LogP contribution in [0.1, 0.15) is 28.7 Å². The molecule has 0 atom stereocenters. The van der Waals surface area contributed by atoms with Crippen molar-refractivity contribution in [1.29, 1.82) is 0 Å². The molecule has 2 aromatic rings. The number of aryl methyl sites for hydroxylation is 1. The summed E-state index contributed by atoms with van der Waals surface area (Å²) in [4.78, 5) is 14.5. The van der Waals surface area contributed by atoms with Crippen molar-refractivity contribution < 1.29 is 22.7 Å². The van der Waals surface area contributed by atoms with Gasteiger partial charge in [-0.05, 0) is 48.6 Å². The van der Waals surface area contributed by atoms with E-state index in [0.29, 0.717) is 17.9 Å². The first-order chi connectivity index (χ1) is 12.3. The van der Waals surface area contributed by atoms with Gasteiger partial charge in [0.15, 0.2) is 0 Å². The molecule has 2 aromatic carbocycles. The predicted octanol–water partition coefficient (Wildman–Crippen LogP) is 4.54. The Morgan fingerprint density at radius 3 is 2.69 bits per heavy atom. The van der Waals surface area contributed by atoms with Crippen LogP contribution in [0.4, 0.5) is 18.9 Å². The molecule has 0 saturated heterocycles. The first-order valence-electron chi connectivity index (χ1n) is 8.44. The van der Waals surface area contributed by atoms with Crippen LogP contribution in [0.5, 0.6) is 5.75 Å². The molecule has 1 aliphatic heterocycles. The van der Waals surface area contributed by atoms with Crippen molar-refractivity contribution in [3.8, 4) is 5.75 Å². The maximum atomic E-state index is 12.9. The van der Waals surface area contributed by atoms with Gasteiger partial charge in [-0.3, -0.25) is 4.79 Å². The summed E-state index contributed by atoms with van der Waals surface area (Å²) in [6, 6.07) is 8.71. The zero-order chi connectivity index (χ0) is 18.9. The second kappa shape index (κ2) is 7.02. The van der Waals surface area contributed by atoms with Gasteiger partial charge < -0.3 is 9.64 Å². The van der Waals surface area contributed by atoms with E-state index in [9.17, 15) is 18.0 Å². The highest BCUT2D eigenvalue weighted by Gasteiger charge is 2.31. The summed E-state index contributed by atoms with van der Waals surface area (Å²) in [5.74, 6) is 0.386. The van der Waals surface area contributed by atoms with Crippen LogP contribution in [0.25, 0.3) is 0 Å². The number of fused-ring (bicyclic) bond motifs is 1. The summed E-state index contributed by atoms with van der Waals surface area (Å²) in [5.41, 5.74) is 2.50. The van der Waals surface area contributed by atoms with E-state index in [4.69, 9.17) is 4.74 Å². The molecule has 0 saturated carbocycles. The quantitative estimate of drug-likeness (QED) is 0.801. The van der Waals surface area contributed by atoms with Crippen LogP contribution in [-0.4, -0.2) is 19.6 Å². The van der Waals surface area contributed by atoms with Gasteiger partial charge in [0.2, 0.25) is 5.91 Å². The summed E-state index contributed by atoms with van der Waals surface area (Å²) in [5, 5.41) is 0. The highest BCUT2D eigenvalue weighted by molar-refractivity contribution is 5.97. The van der Waals surface area contributed by atoms with Crippen LogP contribution in [0, 0.1) is 6.92 Å². The normalized spacial score (nSPS) is 14.1. The van der Waals surface area contributed by atoms with Crippen LogP contribution in [0.15, 0.2) is 36.4 Å². The molecule has 1 amide bonds. The number of carbonyl (C=O) groups excluding carboxylic acids is 1. The minimum atomic E-state index is -4.42. The molecule has 0 N–H and O–H groups in total. The molecular formula is C20H20F3NO2. The van der Waals surface area contributed by atoms with Crippen LogP contribution in [-0.2, 0) is 23.8 Å². The number of benzene rings is 2. The molecule has 0 aliphatic carbocycles. The molecule has 0 fully saturated rings. The van der Waals surface area contributed by atoms with Gasteiger partial charge in [-0.2, -0.15) is 13.2 Å². The number of hydrogen-bond donors (Lipinski definition) is 0. The zero-order valence-corrected chi connectivity index (χ0v) is 14.7. The van der Waals surface area contributed by atoms with Crippen molar-refractivity contribution in [3.05, 3.63) is 58.7 Å². The Morgan fingerprint density at radius 2 is 2.00 bits per heavy atom. The van der Waals surface area contributed by atoms with Crippen LogP contribution in [0.2, 0.25) is 0 Å². The minimum Gasteiger partial charge on any atom is -0.495 e. The Hall–Kier alpha value is -2.50. The predicted molar refractivity (Wildman–Crippen MR) is 93.6 cm³/mol. The first kappa shape index (κ1) is 18.3. The van der Waals surface area contributed by atoms with E-state index >= 15 is 0 Å². The standard InChI is InChI=1S/C20H20F3NO2/c1-13-8-9-17(26-2)19-16(13)7-4-10-24(19)18(25)12-14-5-3-6-15(11-14)20(21,22)23/h3,5-6,8-9,11H,4,7,10,12H2,1-2H3. The molecule has 6 heteroatoms. The highest BCUT2D eigenvalue weighted by Crippen LogP contribution is 2.38. The summed E-state index contributed by atoms with van der Waals surface area (Å²) in [6.07, 6.45) is -2.83. The maximum Gasteiger partial charge on any atom is 0.416 e. The number of carbonyl (C=O) groups is 1. The van der Waals surface area contributed by atoms with Gasteiger partial charge in [-0.25, -0.2) is 0 Å². The lowest BCUT2D eigenvalue weighted by Gasteiger charge is -2.32. The summed E-state index contributed by atoms with van der Waals surface area (Å²) in [6.45, 7) is 2.52. The van der Waals surface area contributed by atoms with Crippen molar-refractivity contribution >= 4 is 11.6 Å². The molecule has 3 nitrogen and oxygen atoms in total. The third-order valence-electron chi connectivity index (χ3n) is 4.69. The molecule has 1 heterocycles. The average Bonchev–Trinajstić information content (AvgIpc) is 2.61. The van der Waals surface area contributed by atoms with E-state index in [0.717, 1.165) is 41.8 Å². The van der Waals surface area contributed by atoms with E-state index in [-0.39, 0.29) is 12.3 Å². The smallest absolute Gasteiger partial charge is 0.416 e. The van der Waals surface area contributed by atoms with Crippen LogP contribution in [0.3, 0.4) is 0 Å². The largest absolute Gasteiger partial charge is 0.495 e. The Balaban J connectivity index is 1.90. The molecule has 0 spiro atoms. The zero-order valence-electron chi connectivity index (χ0n) is 14.7. The molecule has 26 heavy (non-hydrogen) atoms. The Labute approximate surface area is 150 Å². The van der Waals surface area contributed by atoms with Crippen molar-refractivity contribution in [1.82, 2.24) is 0 Å². The van der Waals surface area contributed by atoms with Crippen LogP contribution >= 0.6 is 0 Å². The van der Waals surface area contributed by atoms with Gasteiger partial charge in [0.25, 0.3) is 0 Å².